The minimum absolute atomic E-state index is 0.207. The summed E-state index contributed by atoms with van der Waals surface area (Å²) in [5.41, 5.74) is 8.14. The van der Waals surface area contributed by atoms with Crippen LogP contribution in [-0.2, 0) is 9.53 Å². The van der Waals surface area contributed by atoms with E-state index >= 15 is 0 Å². The van der Waals surface area contributed by atoms with Crippen molar-refractivity contribution in [2.24, 2.45) is 17.8 Å². The smallest absolute Gasteiger partial charge is 0.307 e. The molecule has 1 fully saturated rings. The Morgan fingerprint density at radius 1 is 1.00 bits per heavy atom. The van der Waals surface area contributed by atoms with E-state index < -0.39 is 0 Å². The molecule has 0 radical (unpaired) electrons. The number of hydrogen-bond acceptors (Lipinski definition) is 2. The van der Waals surface area contributed by atoms with E-state index in [-0.39, 0.29) is 5.97 Å². The van der Waals surface area contributed by atoms with Gasteiger partial charge < -0.3 is 4.74 Å². The predicted octanol–water partition coefficient (Wildman–Crippen LogP) is 5.55. The van der Waals surface area contributed by atoms with E-state index in [1.807, 2.05) is 6.08 Å². The molecule has 0 aromatic carbocycles. The van der Waals surface area contributed by atoms with Crippen molar-refractivity contribution in [3.05, 3.63) is 57.9 Å². The van der Waals surface area contributed by atoms with Gasteiger partial charge in [0.15, 0.2) is 0 Å². The lowest BCUT2D eigenvalue weighted by Gasteiger charge is -2.40. The van der Waals surface area contributed by atoms with Crippen LogP contribution in [0.25, 0.3) is 0 Å². The van der Waals surface area contributed by atoms with E-state index in [0.717, 1.165) is 18.1 Å². The number of rotatable bonds is 1. The molecule has 0 N–H and O–H groups in total. The summed E-state index contributed by atoms with van der Waals surface area (Å²) in [5.74, 6) is 2.71. The Bertz CT molecular complexity index is 787. The first-order valence-corrected chi connectivity index (χ1v) is 9.94. The zero-order valence-electron chi connectivity index (χ0n) is 15.0. The first kappa shape index (κ1) is 15.4. The van der Waals surface area contributed by atoms with E-state index in [1.165, 1.54) is 63.0 Å². The normalized spacial score (nSPS) is 33.1. The van der Waals surface area contributed by atoms with E-state index in [1.54, 1.807) is 16.7 Å². The van der Waals surface area contributed by atoms with Crippen LogP contribution >= 0.6 is 0 Å². The Labute approximate surface area is 150 Å². The standard InChI is InChI=1S/C23H26O2/c1-14(24)25-17-7-10-19-16(13-17)6-9-23-21(19)12-11-20-18-4-2-3-15(18)5-8-22(20)23/h7,10-12,15-16,22H,2-6,8-9,13H2,1H3. The first-order chi connectivity index (χ1) is 12.2. The van der Waals surface area contributed by atoms with E-state index in [2.05, 4.69) is 18.2 Å². The maximum Gasteiger partial charge on any atom is 0.307 e. The van der Waals surface area contributed by atoms with Crippen molar-refractivity contribution in [1.29, 1.82) is 0 Å². The van der Waals surface area contributed by atoms with Crippen LogP contribution in [-0.4, -0.2) is 5.97 Å². The molecule has 0 amide bonds. The summed E-state index contributed by atoms with van der Waals surface area (Å²) in [6.07, 6.45) is 19.2. The number of hydrogen-bond donors (Lipinski definition) is 0. The minimum Gasteiger partial charge on any atom is -0.431 e. The molecule has 1 saturated carbocycles. The van der Waals surface area contributed by atoms with Crippen molar-refractivity contribution in [3.63, 3.8) is 0 Å². The highest BCUT2D eigenvalue weighted by atomic mass is 16.5. The number of allylic oxidation sites excluding steroid dienone is 10. The van der Waals surface area contributed by atoms with Crippen LogP contribution in [0.3, 0.4) is 0 Å². The molecule has 0 aromatic rings. The van der Waals surface area contributed by atoms with Crippen molar-refractivity contribution in [3.8, 4) is 0 Å². The maximum absolute atomic E-state index is 11.2. The molecule has 0 aliphatic heterocycles. The fourth-order valence-electron chi connectivity index (χ4n) is 5.90. The van der Waals surface area contributed by atoms with Crippen LogP contribution in [0.4, 0.5) is 0 Å². The van der Waals surface area contributed by atoms with Gasteiger partial charge in [0.25, 0.3) is 0 Å². The molecule has 3 unspecified atom stereocenters. The van der Waals surface area contributed by atoms with Gasteiger partial charge in [-0.25, -0.2) is 0 Å². The third-order valence-corrected chi connectivity index (χ3v) is 6.92. The highest BCUT2D eigenvalue weighted by Gasteiger charge is 2.38. The molecule has 5 rings (SSSR count). The summed E-state index contributed by atoms with van der Waals surface area (Å²) in [6, 6.07) is 0. The third-order valence-electron chi connectivity index (χ3n) is 6.92. The lowest BCUT2D eigenvalue weighted by Crippen LogP contribution is -2.26. The fraction of sp³-hybridized carbons (Fsp3) is 0.522. The van der Waals surface area contributed by atoms with Crippen molar-refractivity contribution in [2.45, 2.75) is 58.3 Å². The Hall–Kier alpha value is -1.83. The van der Waals surface area contributed by atoms with Crippen molar-refractivity contribution in [2.75, 3.05) is 0 Å². The second kappa shape index (κ2) is 5.86. The van der Waals surface area contributed by atoms with Crippen molar-refractivity contribution >= 4 is 5.97 Å². The summed E-state index contributed by atoms with van der Waals surface area (Å²) in [4.78, 5) is 11.2. The van der Waals surface area contributed by atoms with Gasteiger partial charge in [-0.3, -0.25) is 4.79 Å². The number of carbonyl (C=O) groups excluding carboxylic acids is 1. The highest BCUT2D eigenvalue weighted by molar-refractivity contribution is 5.67. The van der Waals surface area contributed by atoms with Gasteiger partial charge in [-0.2, -0.15) is 0 Å². The first-order valence-electron chi connectivity index (χ1n) is 9.94. The highest BCUT2D eigenvalue weighted by Crippen LogP contribution is 2.53. The number of ether oxygens (including phenoxy) is 1. The topological polar surface area (TPSA) is 26.3 Å². The monoisotopic (exact) mass is 334 g/mol. The van der Waals surface area contributed by atoms with Crippen LogP contribution in [0.1, 0.15) is 58.3 Å². The Morgan fingerprint density at radius 3 is 2.80 bits per heavy atom. The molecule has 2 nitrogen and oxygen atoms in total. The zero-order valence-corrected chi connectivity index (χ0v) is 15.0. The van der Waals surface area contributed by atoms with Gasteiger partial charge in [0.2, 0.25) is 0 Å². The molecule has 0 saturated heterocycles. The Morgan fingerprint density at radius 2 is 1.92 bits per heavy atom. The molecular formula is C23H26O2. The maximum atomic E-state index is 11.2. The van der Waals surface area contributed by atoms with Gasteiger partial charge in [-0.15, -0.1) is 0 Å². The van der Waals surface area contributed by atoms with Crippen LogP contribution in [0.5, 0.6) is 0 Å². The van der Waals surface area contributed by atoms with Gasteiger partial charge in [-0.05, 0) is 79.6 Å². The summed E-state index contributed by atoms with van der Waals surface area (Å²) < 4.78 is 5.35. The van der Waals surface area contributed by atoms with Gasteiger partial charge in [0, 0.05) is 19.3 Å². The average molecular weight is 334 g/mol. The van der Waals surface area contributed by atoms with E-state index in [0.29, 0.717) is 11.8 Å². The van der Waals surface area contributed by atoms with E-state index in [9.17, 15) is 4.79 Å². The van der Waals surface area contributed by atoms with Crippen molar-refractivity contribution < 1.29 is 9.53 Å². The number of esters is 1. The molecular weight excluding hydrogens is 308 g/mol. The second-order valence-electron chi connectivity index (χ2n) is 8.26. The third kappa shape index (κ3) is 2.49. The number of fused-ring (bicyclic) bond motifs is 5. The quantitative estimate of drug-likeness (QED) is 0.588. The molecule has 0 bridgehead atoms. The fourth-order valence-corrected chi connectivity index (χ4v) is 5.90. The summed E-state index contributed by atoms with van der Waals surface area (Å²) in [7, 11) is 0. The van der Waals surface area contributed by atoms with Gasteiger partial charge in [0.1, 0.15) is 5.76 Å². The van der Waals surface area contributed by atoms with E-state index in [4.69, 9.17) is 4.74 Å². The molecule has 130 valence electrons. The second-order valence-corrected chi connectivity index (χ2v) is 8.26. The average Bonchev–Trinajstić information content (AvgIpc) is 3.09. The van der Waals surface area contributed by atoms with Crippen molar-refractivity contribution in [1.82, 2.24) is 0 Å². The predicted molar refractivity (Wildman–Crippen MR) is 98.5 cm³/mol. The zero-order chi connectivity index (χ0) is 17.0. The Kier molecular flexibility index (Phi) is 3.62. The molecule has 3 atom stereocenters. The molecule has 0 heterocycles. The molecule has 0 aromatic heterocycles. The molecule has 25 heavy (non-hydrogen) atoms. The molecule has 2 heteroatoms. The SMILES string of the molecule is CC(=O)OC1=CC=C2C3=C(CCC2C1)C1CCC2CCCC2=C1C=C3. The van der Waals surface area contributed by atoms with Crippen LogP contribution in [0.15, 0.2) is 57.9 Å². The summed E-state index contributed by atoms with van der Waals surface area (Å²) >= 11 is 0. The molecule has 5 aliphatic carbocycles. The van der Waals surface area contributed by atoms with Gasteiger partial charge in [-0.1, -0.05) is 29.4 Å². The minimum atomic E-state index is -0.207. The summed E-state index contributed by atoms with van der Waals surface area (Å²) in [5, 5.41) is 0. The lowest BCUT2D eigenvalue weighted by atomic mass is 9.65. The van der Waals surface area contributed by atoms with Gasteiger partial charge in [0.05, 0.1) is 0 Å². The molecule has 5 aliphatic rings. The molecule has 0 spiro atoms. The van der Waals surface area contributed by atoms with Crippen LogP contribution in [0.2, 0.25) is 0 Å². The summed E-state index contributed by atoms with van der Waals surface area (Å²) in [6.45, 7) is 1.49. The van der Waals surface area contributed by atoms with Gasteiger partial charge >= 0.3 is 5.97 Å². The van der Waals surface area contributed by atoms with Crippen LogP contribution in [0, 0.1) is 17.8 Å². The Balaban J connectivity index is 1.51. The lowest BCUT2D eigenvalue weighted by molar-refractivity contribution is -0.137. The largest absolute Gasteiger partial charge is 0.431 e. The van der Waals surface area contributed by atoms with Crippen LogP contribution < -0.4 is 0 Å². The number of carbonyl (C=O) groups is 1.